The van der Waals surface area contributed by atoms with Crippen molar-refractivity contribution in [1.29, 1.82) is 0 Å². The molecule has 0 amide bonds. The molecule has 3 aromatic rings. The van der Waals surface area contributed by atoms with Crippen molar-refractivity contribution in [2.24, 2.45) is 0 Å². The Balaban J connectivity index is 1.84. The highest BCUT2D eigenvalue weighted by atomic mass is 16.5. The Morgan fingerprint density at radius 2 is 1.88 bits per heavy atom. The number of benzene rings is 2. The number of ether oxygens (including phenoxy) is 2. The van der Waals surface area contributed by atoms with Gasteiger partial charge in [0.15, 0.2) is 0 Å². The highest BCUT2D eigenvalue weighted by Crippen LogP contribution is 2.36. The van der Waals surface area contributed by atoms with Crippen LogP contribution in [0.4, 0.5) is 0 Å². The average Bonchev–Trinajstić information content (AvgIpc) is 2.81. The zero-order valence-corrected chi connectivity index (χ0v) is 14.1. The van der Waals surface area contributed by atoms with E-state index in [-0.39, 0.29) is 0 Å². The summed E-state index contributed by atoms with van der Waals surface area (Å²) >= 11 is 0. The zero-order valence-electron chi connectivity index (χ0n) is 14.1. The lowest BCUT2D eigenvalue weighted by molar-refractivity contribution is 0.306. The lowest BCUT2D eigenvalue weighted by Crippen LogP contribution is -1.94. The van der Waals surface area contributed by atoms with E-state index in [4.69, 9.17) is 9.47 Å². The molecule has 0 N–H and O–H groups in total. The summed E-state index contributed by atoms with van der Waals surface area (Å²) in [7, 11) is 0. The molecule has 2 heterocycles. The molecule has 2 aromatic carbocycles. The second-order valence-electron chi connectivity index (χ2n) is 5.86. The van der Waals surface area contributed by atoms with Crippen molar-refractivity contribution in [3.05, 3.63) is 89.2 Å². The van der Waals surface area contributed by atoms with E-state index in [1.165, 1.54) is 0 Å². The number of rotatable bonds is 3. The van der Waals surface area contributed by atoms with Gasteiger partial charge in [-0.3, -0.25) is 4.98 Å². The van der Waals surface area contributed by atoms with Crippen molar-refractivity contribution in [1.82, 2.24) is 4.98 Å². The molecule has 3 nitrogen and oxygen atoms in total. The van der Waals surface area contributed by atoms with Crippen LogP contribution in [0.15, 0.2) is 66.9 Å². The topological polar surface area (TPSA) is 31.4 Å². The van der Waals surface area contributed by atoms with E-state index in [1.54, 1.807) is 0 Å². The molecule has 0 saturated heterocycles. The van der Waals surface area contributed by atoms with Gasteiger partial charge in [-0.15, -0.1) is 0 Å². The third-order valence-corrected chi connectivity index (χ3v) is 4.22. The molecule has 1 aliphatic rings. The Hall–Kier alpha value is -3.07. The fraction of sp³-hybridized carbons (Fsp3) is 0.136. The van der Waals surface area contributed by atoms with Crippen LogP contribution in [0.1, 0.15) is 29.3 Å². The highest BCUT2D eigenvalue weighted by Gasteiger charge is 2.19. The van der Waals surface area contributed by atoms with Crippen LogP contribution in [0.3, 0.4) is 0 Å². The maximum atomic E-state index is 5.97. The van der Waals surface area contributed by atoms with Gasteiger partial charge in [0.05, 0.1) is 6.61 Å². The second kappa shape index (κ2) is 6.81. The van der Waals surface area contributed by atoms with Crippen molar-refractivity contribution in [3.63, 3.8) is 0 Å². The fourth-order valence-corrected chi connectivity index (χ4v) is 3.04. The van der Waals surface area contributed by atoms with Crippen molar-refractivity contribution in [3.8, 4) is 11.5 Å². The zero-order chi connectivity index (χ0) is 17.1. The Labute approximate surface area is 147 Å². The fourth-order valence-electron chi connectivity index (χ4n) is 3.04. The molecular weight excluding hydrogens is 310 g/mol. The van der Waals surface area contributed by atoms with Gasteiger partial charge in [0.2, 0.25) is 0 Å². The quantitative estimate of drug-likeness (QED) is 0.680. The first-order valence-corrected chi connectivity index (χ1v) is 8.46. The van der Waals surface area contributed by atoms with Crippen molar-refractivity contribution in [2.75, 3.05) is 6.61 Å². The van der Waals surface area contributed by atoms with E-state index >= 15 is 0 Å². The lowest BCUT2D eigenvalue weighted by atomic mass is 9.95. The van der Waals surface area contributed by atoms with Gasteiger partial charge in [-0.1, -0.05) is 36.4 Å². The van der Waals surface area contributed by atoms with Gasteiger partial charge in [0.1, 0.15) is 23.8 Å². The van der Waals surface area contributed by atoms with Crippen molar-refractivity contribution >= 4 is 11.6 Å². The summed E-state index contributed by atoms with van der Waals surface area (Å²) in [4.78, 5) is 4.58. The van der Waals surface area contributed by atoms with Crippen LogP contribution in [0, 0.1) is 0 Å². The largest absolute Gasteiger partial charge is 0.494 e. The monoisotopic (exact) mass is 329 g/mol. The van der Waals surface area contributed by atoms with Gasteiger partial charge in [0.25, 0.3) is 0 Å². The third-order valence-electron chi connectivity index (χ3n) is 4.22. The van der Waals surface area contributed by atoms with Gasteiger partial charge < -0.3 is 9.47 Å². The Morgan fingerprint density at radius 3 is 2.72 bits per heavy atom. The number of nitrogens with zero attached hydrogens (tertiary/aromatic N) is 1. The van der Waals surface area contributed by atoms with Crippen LogP contribution in [0.2, 0.25) is 0 Å². The minimum atomic E-state index is 0.551. The molecule has 0 bridgehead atoms. The van der Waals surface area contributed by atoms with Crippen LogP contribution in [-0.4, -0.2) is 11.6 Å². The Kier molecular flexibility index (Phi) is 4.21. The molecule has 0 radical (unpaired) electrons. The second-order valence-corrected chi connectivity index (χ2v) is 5.86. The summed E-state index contributed by atoms with van der Waals surface area (Å²) in [6, 6.07) is 20.3. The number of aromatic nitrogens is 1. The smallest absolute Gasteiger partial charge is 0.146 e. The van der Waals surface area contributed by atoms with E-state index in [0.717, 1.165) is 39.5 Å². The van der Waals surface area contributed by atoms with E-state index in [9.17, 15) is 0 Å². The minimum absolute atomic E-state index is 0.551. The molecule has 0 atom stereocenters. The SMILES string of the molecule is CCOc1ccc(/C=C2\c3ccccc3COc3cccnc32)cc1. The Bertz CT molecular complexity index is 864. The number of hydrogen-bond donors (Lipinski definition) is 0. The number of pyridine rings is 1. The van der Waals surface area contributed by atoms with Crippen LogP contribution in [0.5, 0.6) is 11.5 Å². The summed E-state index contributed by atoms with van der Waals surface area (Å²) in [5.74, 6) is 1.70. The first-order valence-electron chi connectivity index (χ1n) is 8.46. The van der Waals surface area contributed by atoms with E-state index < -0.39 is 0 Å². The van der Waals surface area contributed by atoms with Crippen LogP contribution < -0.4 is 9.47 Å². The van der Waals surface area contributed by atoms with E-state index in [0.29, 0.717) is 13.2 Å². The first-order chi connectivity index (χ1) is 12.3. The molecule has 4 rings (SSSR count). The van der Waals surface area contributed by atoms with E-state index in [1.807, 2.05) is 43.5 Å². The molecular formula is C22H19NO2. The third kappa shape index (κ3) is 3.13. The molecule has 124 valence electrons. The standard InChI is InChI=1S/C22H19NO2/c1-2-24-18-11-9-16(10-12-18)14-20-19-7-4-3-6-17(19)15-25-21-8-5-13-23-22(20)21/h3-14H,2,15H2,1H3/b20-14+. The van der Waals surface area contributed by atoms with Gasteiger partial charge in [0, 0.05) is 11.8 Å². The molecule has 0 unspecified atom stereocenters. The highest BCUT2D eigenvalue weighted by molar-refractivity contribution is 5.93. The van der Waals surface area contributed by atoms with Crippen molar-refractivity contribution in [2.45, 2.75) is 13.5 Å². The van der Waals surface area contributed by atoms with E-state index in [2.05, 4.69) is 41.4 Å². The van der Waals surface area contributed by atoms with Crippen LogP contribution >= 0.6 is 0 Å². The maximum Gasteiger partial charge on any atom is 0.146 e. The van der Waals surface area contributed by atoms with Crippen molar-refractivity contribution < 1.29 is 9.47 Å². The van der Waals surface area contributed by atoms with Crippen LogP contribution in [-0.2, 0) is 6.61 Å². The van der Waals surface area contributed by atoms with Gasteiger partial charge in [-0.25, -0.2) is 0 Å². The molecule has 1 aromatic heterocycles. The summed E-state index contributed by atoms with van der Waals surface area (Å²) in [5.41, 5.74) is 5.38. The summed E-state index contributed by atoms with van der Waals surface area (Å²) in [6.45, 7) is 3.21. The predicted octanol–water partition coefficient (Wildman–Crippen LogP) is 4.96. The minimum Gasteiger partial charge on any atom is -0.494 e. The molecule has 0 aliphatic carbocycles. The molecule has 3 heteroatoms. The summed E-state index contributed by atoms with van der Waals surface area (Å²) in [6.07, 6.45) is 3.97. The van der Waals surface area contributed by atoms with Gasteiger partial charge >= 0.3 is 0 Å². The van der Waals surface area contributed by atoms with Crippen LogP contribution in [0.25, 0.3) is 11.6 Å². The summed E-state index contributed by atoms with van der Waals surface area (Å²) in [5, 5.41) is 0. The molecule has 0 fully saturated rings. The summed E-state index contributed by atoms with van der Waals surface area (Å²) < 4.78 is 11.5. The normalized spacial score (nSPS) is 14.2. The molecule has 1 aliphatic heterocycles. The molecule has 0 spiro atoms. The Morgan fingerprint density at radius 1 is 1.04 bits per heavy atom. The molecule has 0 saturated carbocycles. The number of fused-ring (bicyclic) bond motifs is 2. The first kappa shape index (κ1) is 15.5. The maximum absolute atomic E-state index is 5.97. The molecule has 25 heavy (non-hydrogen) atoms. The average molecular weight is 329 g/mol. The van der Waals surface area contributed by atoms with Gasteiger partial charge in [-0.2, -0.15) is 0 Å². The lowest BCUT2D eigenvalue weighted by Gasteiger charge is -2.10. The predicted molar refractivity (Wildman–Crippen MR) is 99.6 cm³/mol. The van der Waals surface area contributed by atoms with Gasteiger partial charge in [-0.05, 0) is 54.0 Å². The number of hydrogen-bond acceptors (Lipinski definition) is 3.